The van der Waals surface area contributed by atoms with Gasteiger partial charge >= 0.3 is 0 Å². The van der Waals surface area contributed by atoms with Gasteiger partial charge in [0.2, 0.25) is 0 Å². The van der Waals surface area contributed by atoms with Crippen molar-refractivity contribution >= 4 is 27.5 Å². The minimum absolute atomic E-state index is 0. The molecule has 0 unspecified atom stereocenters. The number of allylic oxidation sites excluding steroid dienone is 2. The zero-order valence-electron chi connectivity index (χ0n) is 31.9. The van der Waals surface area contributed by atoms with Crippen molar-refractivity contribution < 1.29 is 34.4 Å². The molecule has 5 aromatic rings. The van der Waals surface area contributed by atoms with Crippen LogP contribution in [-0.2, 0) is 49.6 Å². The third kappa shape index (κ3) is 8.90. The third-order valence-electron chi connectivity index (χ3n) is 10.1. The van der Waals surface area contributed by atoms with Gasteiger partial charge in [0.1, 0.15) is 11.3 Å². The molecule has 0 fully saturated rings. The van der Waals surface area contributed by atoms with Gasteiger partial charge in [0.25, 0.3) is 0 Å². The number of aromatic nitrogens is 2. The number of furan rings is 1. The van der Waals surface area contributed by atoms with Crippen LogP contribution < -0.4 is 0 Å². The summed E-state index contributed by atoms with van der Waals surface area (Å²) >= 11 is 0. The Bertz CT molecular complexity index is 1990. The number of aliphatic hydroxyl groups excluding tert-OH is 1. The fraction of sp³-hybridized carbons (Fsp3) is 0.444. The monoisotopic (exact) mass is 864 g/mol. The van der Waals surface area contributed by atoms with Crippen LogP contribution in [0.25, 0.3) is 44.3 Å². The van der Waals surface area contributed by atoms with Crippen molar-refractivity contribution in [3.05, 3.63) is 95.1 Å². The Labute approximate surface area is 318 Å². The molecule has 1 aliphatic carbocycles. The molecule has 0 saturated carbocycles. The fourth-order valence-electron chi connectivity index (χ4n) is 7.21. The molecular formula is C45H55IrN2O3-. The van der Waals surface area contributed by atoms with Crippen LogP contribution in [0.4, 0.5) is 0 Å². The van der Waals surface area contributed by atoms with Crippen LogP contribution in [0.3, 0.4) is 0 Å². The van der Waals surface area contributed by atoms with Crippen LogP contribution in [0, 0.1) is 23.8 Å². The molecule has 0 amide bonds. The molecule has 5 nitrogen and oxygen atoms in total. The maximum Gasteiger partial charge on any atom is 0.162 e. The number of hydrogen-bond donors (Lipinski definition) is 1. The molecule has 3 heterocycles. The van der Waals surface area contributed by atoms with Crippen molar-refractivity contribution in [2.24, 2.45) is 17.8 Å². The van der Waals surface area contributed by atoms with Gasteiger partial charge in [-0.3, -0.25) is 14.8 Å². The van der Waals surface area contributed by atoms with E-state index in [0.717, 1.165) is 89.6 Å². The van der Waals surface area contributed by atoms with E-state index in [1.54, 1.807) is 0 Å². The van der Waals surface area contributed by atoms with Gasteiger partial charge in [0.15, 0.2) is 5.78 Å². The average Bonchev–Trinajstić information content (AvgIpc) is 3.48. The van der Waals surface area contributed by atoms with Gasteiger partial charge in [-0.05, 0) is 74.5 Å². The molecule has 0 saturated heterocycles. The summed E-state index contributed by atoms with van der Waals surface area (Å²) in [7, 11) is 0. The summed E-state index contributed by atoms with van der Waals surface area (Å²) in [6.45, 7) is 19.3. The Hall–Kier alpha value is -3.60. The summed E-state index contributed by atoms with van der Waals surface area (Å²) in [5.74, 6) is 2.10. The number of pyridine rings is 2. The van der Waals surface area contributed by atoms with E-state index in [4.69, 9.17) is 14.4 Å². The summed E-state index contributed by atoms with van der Waals surface area (Å²) in [6, 6.07) is 20.8. The second-order valence-electron chi connectivity index (χ2n) is 15.2. The normalized spacial score (nSPS) is 12.9. The molecule has 0 bridgehead atoms. The van der Waals surface area contributed by atoms with Gasteiger partial charge < -0.3 is 9.52 Å². The van der Waals surface area contributed by atoms with Crippen LogP contribution in [0.2, 0.25) is 0 Å². The van der Waals surface area contributed by atoms with E-state index in [9.17, 15) is 9.90 Å². The van der Waals surface area contributed by atoms with Crippen LogP contribution in [0.15, 0.2) is 71.0 Å². The van der Waals surface area contributed by atoms with Gasteiger partial charge in [-0.1, -0.05) is 91.5 Å². The molecule has 6 heteroatoms. The van der Waals surface area contributed by atoms with Crippen LogP contribution in [0.5, 0.6) is 0 Å². The first-order valence-electron chi connectivity index (χ1n) is 18.7. The van der Waals surface area contributed by atoms with E-state index < -0.39 is 0 Å². The van der Waals surface area contributed by atoms with Crippen LogP contribution in [-0.4, -0.2) is 20.9 Å². The van der Waals surface area contributed by atoms with Crippen molar-refractivity contribution in [3.63, 3.8) is 0 Å². The molecule has 1 N–H and O–H groups in total. The number of nitrogens with zero attached hydrogens (tertiary/aromatic N) is 2. The Kier molecular flexibility index (Phi) is 13.6. The molecule has 1 aliphatic rings. The number of carbonyl (C=O) groups excluding carboxylic acids is 1. The van der Waals surface area contributed by atoms with Gasteiger partial charge in [-0.2, -0.15) is 0 Å². The van der Waals surface area contributed by atoms with Crippen molar-refractivity contribution in [2.45, 2.75) is 113 Å². The maximum absolute atomic E-state index is 11.7. The smallest absolute Gasteiger partial charge is 0.162 e. The van der Waals surface area contributed by atoms with Gasteiger partial charge in [0, 0.05) is 72.1 Å². The van der Waals surface area contributed by atoms with Gasteiger partial charge in [-0.15, -0.1) is 29.1 Å². The number of fused-ring (bicyclic) bond motifs is 6. The van der Waals surface area contributed by atoms with E-state index in [0.29, 0.717) is 5.92 Å². The number of rotatable bonds is 10. The standard InChI is InChI=1S/C32H31N2O.C13H24O2.Ir/c1-19(2)16-22-10-11-26-28(34-22)13-12-24-25-14-15-33-29(31(25)35-30(24)26)21-17-20-8-6-7-9-23(20)27(18-21)32(3,4)5;1-5-10(6-2)12(14)9-13(15)11(7-3)8-4;/h6-11,14-15,18-19H,12-13,16H2,1-5H3;9-11,14H,5-8H2,1-4H3;/q-1;;/b;12-9-;. The number of aryl methyl sites for hydroxylation is 2. The summed E-state index contributed by atoms with van der Waals surface area (Å²) in [4.78, 5) is 21.5. The Morgan fingerprint density at radius 2 is 1.63 bits per heavy atom. The molecular weight excluding hydrogens is 809 g/mol. The summed E-state index contributed by atoms with van der Waals surface area (Å²) in [6.07, 6.45) is 9.70. The number of aliphatic hydroxyl groups is 1. The Morgan fingerprint density at radius 3 is 2.27 bits per heavy atom. The minimum atomic E-state index is -0.00193. The molecule has 2 aromatic carbocycles. The van der Waals surface area contributed by atoms with Gasteiger partial charge in [-0.25, -0.2) is 0 Å². The number of benzene rings is 2. The topological polar surface area (TPSA) is 76.2 Å². The predicted molar refractivity (Wildman–Crippen MR) is 208 cm³/mol. The second kappa shape index (κ2) is 17.3. The second-order valence-corrected chi connectivity index (χ2v) is 15.2. The molecule has 0 spiro atoms. The molecule has 51 heavy (non-hydrogen) atoms. The van der Waals surface area contributed by atoms with Crippen molar-refractivity contribution in [1.82, 2.24) is 9.97 Å². The molecule has 6 rings (SSSR count). The van der Waals surface area contributed by atoms with Crippen molar-refractivity contribution in [2.75, 3.05) is 0 Å². The van der Waals surface area contributed by atoms with Crippen molar-refractivity contribution in [3.8, 4) is 22.6 Å². The summed E-state index contributed by atoms with van der Waals surface area (Å²) in [5, 5.41) is 13.3. The third-order valence-corrected chi connectivity index (χ3v) is 10.1. The fourth-order valence-corrected chi connectivity index (χ4v) is 7.21. The molecule has 273 valence electrons. The van der Waals surface area contributed by atoms with E-state index in [1.165, 1.54) is 28.3 Å². The summed E-state index contributed by atoms with van der Waals surface area (Å²) in [5.41, 5.74) is 8.70. The molecule has 3 aromatic heterocycles. The van der Waals surface area contributed by atoms with Gasteiger partial charge in [0.05, 0.1) is 11.5 Å². The zero-order chi connectivity index (χ0) is 36.2. The Morgan fingerprint density at radius 1 is 0.941 bits per heavy atom. The SMILES string of the molecule is CC(C)Cc1ccc2c(n1)CCc1c-2oc2c(-c3[c-]c4ccccc4c(C(C)(C)C)c3)nccc12.CCC(CC)C(=O)/C=C(\O)C(CC)CC.[Ir]. The minimum Gasteiger partial charge on any atom is -0.512 e. The van der Waals surface area contributed by atoms with Crippen molar-refractivity contribution in [1.29, 1.82) is 0 Å². The van der Waals surface area contributed by atoms with E-state index in [2.05, 4.69) is 89.2 Å². The molecule has 0 aliphatic heterocycles. The summed E-state index contributed by atoms with van der Waals surface area (Å²) < 4.78 is 6.64. The van der Waals surface area contributed by atoms with E-state index in [1.807, 2.05) is 33.9 Å². The van der Waals surface area contributed by atoms with E-state index in [-0.39, 0.29) is 48.9 Å². The van der Waals surface area contributed by atoms with Crippen LogP contribution >= 0.6 is 0 Å². The largest absolute Gasteiger partial charge is 0.512 e. The quantitative estimate of drug-likeness (QED) is 0.0860. The average molecular weight is 864 g/mol. The number of carbonyl (C=O) groups is 1. The zero-order valence-corrected chi connectivity index (χ0v) is 34.3. The first-order chi connectivity index (χ1) is 23.9. The number of ketones is 1. The van der Waals surface area contributed by atoms with E-state index >= 15 is 0 Å². The first-order valence-corrected chi connectivity index (χ1v) is 18.7. The molecule has 1 radical (unpaired) electrons. The Balaban J connectivity index is 0.000000312. The predicted octanol–water partition coefficient (Wildman–Crippen LogP) is 12.0. The van der Waals surface area contributed by atoms with Crippen LogP contribution in [0.1, 0.15) is 111 Å². The maximum atomic E-state index is 11.7. The number of hydrogen-bond acceptors (Lipinski definition) is 5. The first kappa shape index (κ1) is 40.2. The molecule has 0 atom stereocenters.